The van der Waals surface area contributed by atoms with E-state index in [1.54, 1.807) is 0 Å². The van der Waals surface area contributed by atoms with E-state index in [0.717, 1.165) is 18.4 Å². The first-order valence-corrected chi connectivity index (χ1v) is 9.47. The number of carbonyl (C=O) groups is 1. The van der Waals surface area contributed by atoms with Crippen LogP contribution in [0.3, 0.4) is 0 Å². The van der Waals surface area contributed by atoms with Crippen molar-refractivity contribution in [2.24, 2.45) is 17.8 Å². The van der Waals surface area contributed by atoms with Crippen molar-refractivity contribution >= 4 is 6.09 Å². The fourth-order valence-electron chi connectivity index (χ4n) is 4.03. The number of nitrogens with one attached hydrogen (secondary N) is 2. The van der Waals surface area contributed by atoms with E-state index < -0.39 is 5.60 Å². The quantitative estimate of drug-likeness (QED) is 0.819. The fourth-order valence-corrected chi connectivity index (χ4v) is 4.03. The maximum atomic E-state index is 11.8. The first-order valence-electron chi connectivity index (χ1n) is 9.47. The van der Waals surface area contributed by atoms with E-state index >= 15 is 0 Å². The van der Waals surface area contributed by atoms with Gasteiger partial charge in [0.25, 0.3) is 0 Å². The van der Waals surface area contributed by atoms with Gasteiger partial charge in [0.15, 0.2) is 0 Å². The summed E-state index contributed by atoms with van der Waals surface area (Å²) in [5.41, 5.74) is -0.424. The molecule has 0 saturated heterocycles. The molecule has 2 rings (SSSR count). The van der Waals surface area contributed by atoms with Crippen molar-refractivity contribution in [3.63, 3.8) is 0 Å². The van der Waals surface area contributed by atoms with Gasteiger partial charge in [-0.2, -0.15) is 0 Å². The highest BCUT2D eigenvalue weighted by atomic mass is 16.6. The van der Waals surface area contributed by atoms with Crippen LogP contribution in [-0.2, 0) is 4.74 Å². The van der Waals surface area contributed by atoms with Gasteiger partial charge in [0.05, 0.1) is 0 Å². The lowest BCUT2D eigenvalue weighted by atomic mass is 9.79. The summed E-state index contributed by atoms with van der Waals surface area (Å²) in [6.45, 7) is 11.2. The molecule has 2 saturated carbocycles. The van der Waals surface area contributed by atoms with E-state index in [-0.39, 0.29) is 6.09 Å². The molecule has 0 spiro atoms. The van der Waals surface area contributed by atoms with Crippen molar-refractivity contribution in [1.82, 2.24) is 10.6 Å². The van der Waals surface area contributed by atoms with E-state index in [2.05, 4.69) is 24.5 Å². The highest BCUT2D eigenvalue weighted by Gasteiger charge is 2.32. The van der Waals surface area contributed by atoms with Crippen LogP contribution >= 0.6 is 0 Å². The predicted octanol–water partition coefficient (Wildman–Crippen LogP) is 4.09. The van der Waals surface area contributed by atoms with Crippen molar-refractivity contribution in [2.75, 3.05) is 6.54 Å². The van der Waals surface area contributed by atoms with Gasteiger partial charge in [0, 0.05) is 18.6 Å². The van der Waals surface area contributed by atoms with Crippen molar-refractivity contribution in [3.8, 4) is 0 Å². The Morgan fingerprint density at radius 1 is 1.09 bits per heavy atom. The van der Waals surface area contributed by atoms with Crippen molar-refractivity contribution in [3.05, 3.63) is 0 Å². The lowest BCUT2D eigenvalue weighted by Crippen LogP contribution is -2.46. The van der Waals surface area contributed by atoms with Crippen LogP contribution in [0, 0.1) is 17.8 Å². The molecule has 0 aromatic carbocycles. The van der Waals surface area contributed by atoms with Gasteiger partial charge in [-0.3, -0.25) is 0 Å². The van der Waals surface area contributed by atoms with Crippen LogP contribution in [0.25, 0.3) is 0 Å². The summed E-state index contributed by atoms with van der Waals surface area (Å²) in [6, 6.07) is 1.21. The molecule has 4 heteroatoms. The molecule has 0 bridgehead atoms. The molecule has 1 amide bonds. The number of amides is 1. The highest BCUT2D eigenvalue weighted by molar-refractivity contribution is 5.67. The Bertz CT molecular complexity index is 391. The Kier molecular flexibility index (Phi) is 6.35. The summed E-state index contributed by atoms with van der Waals surface area (Å²) in [7, 11) is 0. The molecule has 0 aromatic rings. The molecule has 5 unspecified atom stereocenters. The van der Waals surface area contributed by atoms with Crippen LogP contribution in [-0.4, -0.2) is 30.3 Å². The van der Waals surface area contributed by atoms with Crippen molar-refractivity contribution in [1.29, 1.82) is 0 Å². The zero-order valence-corrected chi connectivity index (χ0v) is 15.7. The predicted molar refractivity (Wildman–Crippen MR) is 94.5 cm³/mol. The topological polar surface area (TPSA) is 50.4 Å². The van der Waals surface area contributed by atoms with Gasteiger partial charge in [-0.25, -0.2) is 4.79 Å². The monoisotopic (exact) mass is 324 g/mol. The molecule has 0 radical (unpaired) electrons. The van der Waals surface area contributed by atoms with Gasteiger partial charge in [0.2, 0.25) is 0 Å². The molecule has 2 fully saturated rings. The minimum Gasteiger partial charge on any atom is -0.444 e. The van der Waals surface area contributed by atoms with Gasteiger partial charge in [-0.1, -0.05) is 20.3 Å². The molecular formula is C19H36N2O2. The third-order valence-electron chi connectivity index (χ3n) is 5.61. The van der Waals surface area contributed by atoms with E-state index in [0.29, 0.717) is 18.0 Å². The van der Waals surface area contributed by atoms with E-state index in [1.807, 2.05) is 20.8 Å². The summed E-state index contributed by atoms with van der Waals surface area (Å²) < 4.78 is 5.34. The smallest absolute Gasteiger partial charge is 0.407 e. The third-order valence-corrected chi connectivity index (χ3v) is 5.61. The first kappa shape index (κ1) is 18.6. The number of alkyl carbamates (subject to hydrolysis) is 1. The van der Waals surface area contributed by atoms with Crippen LogP contribution < -0.4 is 10.6 Å². The van der Waals surface area contributed by atoms with Crippen LogP contribution in [0.1, 0.15) is 73.1 Å². The summed E-state index contributed by atoms with van der Waals surface area (Å²) in [5, 5.41) is 6.86. The summed E-state index contributed by atoms with van der Waals surface area (Å²) >= 11 is 0. The van der Waals surface area contributed by atoms with E-state index in [9.17, 15) is 4.79 Å². The molecule has 5 atom stereocenters. The molecule has 0 aromatic heterocycles. The Balaban J connectivity index is 1.76. The Hall–Kier alpha value is -0.770. The number of carbonyl (C=O) groups excluding carboxylic acids is 1. The maximum absolute atomic E-state index is 11.8. The SMILES string of the molecule is CC1CCC(NC2CCCC2CNC(=O)OC(C)(C)C)CC1C. The number of ether oxygens (including phenoxy) is 1. The molecule has 4 nitrogen and oxygen atoms in total. The zero-order chi connectivity index (χ0) is 17.0. The maximum Gasteiger partial charge on any atom is 0.407 e. The molecule has 23 heavy (non-hydrogen) atoms. The summed E-state index contributed by atoms with van der Waals surface area (Å²) in [6.07, 6.45) is 7.35. The molecule has 134 valence electrons. The molecular weight excluding hydrogens is 288 g/mol. The van der Waals surface area contributed by atoms with Gasteiger partial charge >= 0.3 is 6.09 Å². The second kappa shape index (κ2) is 7.87. The molecule has 2 aliphatic carbocycles. The second-order valence-corrected chi connectivity index (χ2v) is 8.81. The van der Waals surface area contributed by atoms with Crippen LogP contribution in [0.5, 0.6) is 0 Å². The molecule has 2 aliphatic rings. The van der Waals surface area contributed by atoms with E-state index in [1.165, 1.54) is 38.5 Å². The fraction of sp³-hybridized carbons (Fsp3) is 0.947. The average Bonchev–Trinajstić information content (AvgIpc) is 2.86. The summed E-state index contributed by atoms with van der Waals surface area (Å²) in [5.74, 6) is 2.22. The van der Waals surface area contributed by atoms with E-state index in [4.69, 9.17) is 4.74 Å². The summed E-state index contributed by atoms with van der Waals surface area (Å²) in [4.78, 5) is 11.8. The number of hydrogen-bond donors (Lipinski definition) is 2. The third kappa shape index (κ3) is 5.98. The van der Waals surface area contributed by atoms with Gasteiger partial charge in [-0.15, -0.1) is 0 Å². The van der Waals surface area contributed by atoms with Crippen LogP contribution in [0.2, 0.25) is 0 Å². The minimum absolute atomic E-state index is 0.289. The lowest BCUT2D eigenvalue weighted by molar-refractivity contribution is 0.0516. The average molecular weight is 325 g/mol. The van der Waals surface area contributed by atoms with Gasteiger partial charge in [0.1, 0.15) is 5.60 Å². The van der Waals surface area contributed by atoms with Crippen molar-refractivity contribution < 1.29 is 9.53 Å². The van der Waals surface area contributed by atoms with Gasteiger partial charge in [-0.05, 0) is 70.6 Å². The largest absolute Gasteiger partial charge is 0.444 e. The first-order chi connectivity index (χ1) is 10.7. The molecule has 0 heterocycles. The van der Waals surface area contributed by atoms with Crippen LogP contribution in [0.15, 0.2) is 0 Å². The van der Waals surface area contributed by atoms with Crippen molar-refractivity contribution in [2.45, 2.75) is 90.8 Å². The normalized spacial score (nSPS) is 35.1. The number of rotatable bonds is 4. The van der Waals surface area contributed by atoms with Gasteiger partial charge < -0.3 is 15.4 Å². The minimum atomic E-state index is -0.424. The second-order valence-electron chi connectivity index (χ2n) is 8.81. The Morgan fingerprint density at radius 3 is 2.48 bits per heavy atom. The Morgan fingerprint density at radius 2 is 1.83 bits per heavy atom. The Labute approximate surface area is 142 Å². The number of hydrogen-bond acceptors (Lipinski definition) is 3. The highest BCUT2D eigenvalue weighted by Crippen LogP contribution is 2.32. The van der Waals surface area contributed by atoms with Crippen LogP contribution in [0.4, 0.5) is 4.79 Å². The zero-order valence-electron chi connectivity index (χ0n) is 15.7. The lowest BCUT2D eigenvalue weighted by Gasteiger charge is -2.35. The standard InChI is InChI=1S/C19H36N2O2/c1-13-9-10-16(11-14(13)2)21-17-8-6-7-15(17)12-20-18(22)23-19(3,4)5/h13-17,21H,6-12H2,1-5H3,(H,20,22). The molecule has 0 aliphatic heterocycles. The molecule has 2 N–H and O–H groups in total.